The van der Waals surface area contributed by atoms with E-state index in [2.05, 4.69) is 15.0 Å². The number of fused-ring (bicyclic) bond motifs is 2. The molecule has 2 saturated heterocycles. The number of aliphatic hydroxyl groups is 1. The van der Waals surface area contributed by atoms with Crippen molar-refractivity contribution < 1.29 is 19.3 Å². The van der Waals surface area contributed by atoms with Gasteiger partial charge in [0.1, 0.15) is 30.2 Å². The van der Waals surface area contributed by atoms with Crippen LogP contribution in [0.5, 0.6) is 0 Å². The van der Waals surface area contributed by atoms with E-state index in [4.69, 9.17) is 19.9 Å². The van der Waals surface area contributed by atoms with Crippen LogP contribution in [0.15, 0.2) is 6.33 Å². The summed E-state index contributed by atoms with van der Waals surface area (Å²) in [5, 5.41) is 9.59. The standard InChI is InChI=1S/C13H18BN5O4/c1-13(2)22-7-5(3-20)21-11(8(7)23-13)19-10-6(18-12(19)14)9(15)16-4-17-10/h4-5,7-8,11,20H,3,14H2,1-2H3,(H2,15,16,17)/t5-,7?,8+,11-/m0/s1. The average Bonchev–Trinajstić information content (AvgIpc) is 3.08. The van der Waals surface area contributed by atoms with Gasteiger partial charge in [0.2, 0.25) is 0 Å². The van der Waals surface area contributed by atoms with E-state index in [-0.39, 0.29) is 18.8 Å². The Balaban J connectivity index is 1.82. The lowest BCUT2D eigenvalue weighted by Crippen LogP contribution is -2.33. The molecular weight excluding hydrogens is 301 g/mol. The van der Waals surface area contributed by atoms with Gasteiger partial charge in [-0.2, -0.15) is 0 Å². The largest absolute Gasteiger partial charge is 0.394 e. The van der Waals surface area contributed by atoms with Gasteiger partial charge in [-0.25, -0.2) is 15.0 Å². The number of nitrogen functional groups attached to an aromatic ring is 1. The summed E-state index contributed by atoms with van der Waals surface area (Å²) in [4.78, 5) is 12.7. The van der Waals surface area contributed by atoms with Gasteiger partial charge in [-0.1, -0.05) is 0 Å². The number of hydrogen-bond acceptors (Lipinski definition) is 8. The van der Waals surface area contributed by atoms with E-state index < -0.39 is 18.1 Å². The molecule has 0 amide bonds. The van der Waals surface area contributed by atoms with Gasteiger partial charge in [0.15, 0.2) is 31.3 Å². The first-order valence-corrected chi connectivity index (χ1v) is 7.48. The van der Waals surface area contributed by atoms with Crippen molar-refractivity contribution in [2.24, 2.45) is 0 Å². The highest BCUT2D eigenvalue weighted by Gasteiger charge is 2.56. The van der Waals surface area contributed by atoms with Gasteiger partial charge in [0.25, 0.3) is 0 Å². The van der Waals surface area contributed by atoms with Crippen LogP contribution in [0.4, 0.5) is 5.82 Å². The molecule has 9 nitrogen and oxygen atoms in total. The molecule has 3 N–H and O–H groups in total. The lowest BCUT2D eigenvalue weighted by molar-refractivity contribution is -0.199. The second-order valence-electron chi connectivity index (χ2n) is 6.27. The minimum Gasteiger partial charge on any atom is -0.394 e. The van der Waals surface area contributed by atoms with Gasteiger partial charge in [-0.3, -0.25) is 4.57 Å². The average molecular weight is 319 g/mol. The van der Waals surface area contributed by atoms with Gasteiger partial charge < -0.3 is 25.1 Å². The second-order valence-corrected chi connectivity index (χ2v) is 6.27. The monoisotopic (exact) mass is 319 g/mol. The second kappa shape index (κ2) is 4.87. The van der Waals surface area contributed by atoms with Crippen LogP contribution < -0.4 is 11.5 Å². The molecule has 2 aromatic rings. The Bertz CT molecular complexity index is 766. The number of hydrogen-bond donors (Lipinski definition) is 2. The van der Waals surface area contributed by atoms with Crippen LogP contribution in [-0.4, -0.2) is 63.2 Å². The molecule has 2 aliphatic heterocycles. The molecule has 2 fully saturated rings. The highest BCUT2D eigenvalue weighted by Crippen LogP contribution is 2.43. The number of anilines is 1. The third-order valence-corrected chi connectivity index (χ3v) is 4.24. The quantitative estimate of drug-likeness (QED) is 0.615. The molecule has 0 aromatic carbocycles. The molecule has 2 aliphatic rings. The van der Waals surface area contributed by atoms with Gasteiger partial charge in [0, 0.05) is 0 Å². The molecular formula is C13H18BN5O4. The van der Waals surface area contributed by atoms with Gasteiger partial charge >= 0.3 is 0 Å². The Labute approximate surface area is 133 Å². The molecule has 2 aromatic heterocycles. The maximum absolute atomic E-state index is 9.59. The molecule has 0 spiro atoms. The SMILES string of the molecule is Bc1nc2c(N)ncnc2n1[C@H]1O[C@@H](CO)C2OC(C)(C)O[C@H]21. The molecule has 0 radical (unpaired) electrons. The van der Waals surface area contributed by atoms with E-state index in [1.807, 2.05) is 26.3 Å². The fourth-order valence-electron chi connectivity index (χ4n) is 3.35. The lowest BCUT2D eigenvalue weighted by atomic mass is 10.1. The van der Waals surface area contributed by atoms with E-state index in [1.54, 1.807) is 0 Å². The molecule has 1 unspecified atom stereocenters. The van der Waals surface area contributed by atoms with E-state index in [0.717, 1.165) is 0 Å². The number of aromatic nitrogens is 4. The molecule has 23 heavy (non-hydrogen) atoms. The molecule has 0 bridgehead atoms. The summed E-state index contributed by atoms with van der Waals surface area (Å²) in [6, 6.07) is 0. The fraction of sp³-hybridized carbons (Fsp3) is 0.615. The third kappa shape index (κ3) is 2.13. The zero-order chi connectivity index (χ0) is 16.4. The smallest absolute Gasteiger partial charge is 0.186 e. The summed E-state index contributed by atoms with van der Waals surface area (Å²) >= 11 is 0. The summed E-state index contributed by atoms with van der Waals surface area (Å²) in [6.07, 6.45) is -0.298. The number of ether oxygens (including phenoxy) is 3. The lowest BCUT2D eigenvalue weighted by Gasteiger charge is -2.25. The molecule has 122 valence electrons. The Morgan fingerprint density at radius 3 is 2.83 bits per heavy atom. The van der Waals surface area contributed by atoms with Crippen LogP contribution in [0.25, 0.3) is 11.2 Å². The predicted octanol–water partition coefficient (Wildman–Crippen LogP) is -1.92. The molecule has 4 rings (SSSR count). The van der Waals surface area contributed by atoms with Crippen LogP contribution in [0.2, 0.25) is 0 Å². The van der Waals surface area contributed by atoms with Gasteiger partial charge in [-0.05, 0) is 13.8 Å². The Kier molecular flexibility index (Phi) is 3.14. The van der Waals surface area contributed by atoms with Crippen molar-refractivity contribution in [1.82, 2.24) is 19.5 Å². The van der Waals surface area contributed by atoms with Crippen molar-refractivity contribution in [3.8, 4) is 0 Å². The highest BCUT2D eigenvalue weighted by molar-refractivity contribution is 6.30. The van der Waals surface area contributed by atoms with E-state index in [1.165, 1.54) is 6.33 Å². The fourth-order valence-corrected chi connectivity index (χ4v) is 3.35. The van der Waals surface area contributed by atoms with Crippen molar-refractivity contribution in [1.29, 1.82) is 0 Å². The van der Waals surface area contributed by atoms with Crippen molar-refractivity contribution in [3.05, 3.63) is 6.33 Å². The maximum Gasteiger partial charge on any atom is 0.186 e. The summed E-state index contributed by atoms with van der Waals surface area (Å²) in [7, 11) is 1.84. The van der Waals surface area contributed by atoms with Crippen LogP contribution in [0.1, 0.15) is 20.1 Å². The highest BCUT2D eigenvalue weighted by atomic mass is 16.8. The van der Waals surface area contributed by atoms with Crippen molar-refractivity contribution in [2.75, 3.05) is 12.3 Å². The predicted molar refractivity (Wildman–Crippen MR) is 82.7 cm³/mol. The minimum absolute atomic E-state index is 0.153. The van der Waals surface area contributed by atoms with Crippen LogP contribution in [-0.2, 0) is 14.2 Å². The van der Waals surface area contributed by atoms with E-state index in [0.29, 0.717) is 22.7 Å². The first-order valence-electron chi connectivity index (χ1n) is 7.48. The van der Waals surface area contributed by atoms with E-state index in [9.17, 15) is 5.11 Å². The normalized spacial score (nSPS) is 32.5. The first-order chi connectivity index (χ1) is 10.9. The van der Waals surface area contributed by atoms with Crippen molar-refractivity contribution >= 4 is 30.6 Å². The van der Waals surface area contributed by atoms with Gasteiger partial charge in [-0.15, -0.1) is 0 Å². The summed E-state index contributed by atoms with van der Waals surface area (Å²) < 4.78 is 19.7. The first kappa shape index (κ1) is 14.8. The minimum atomic E-state index is -0.733. The Morgan fingerprint density at radius 1 is 1.35 bits per heavy atom. The van der Waals surface area contributed by atoms with Crippen LogP contribution >= 0.6 is 0 Å². The molecule has 10 heteroatoms. The summed E-state index contributed by atoms with van der Waals surface area (Å²) in [5.41, 5.74) is 7.66. The van der Waals surface area contributed by atoms with Crippen molar-refractivity contribution in [3.63, 3.8) is 0 Å². The van der Waals surface area contributed by atoms with Crippen LogP contribution in [0.3, 0.4) is 0 Å². The number of nitrogens with two attached hydrogens (primary N) is 1. The zero-order valence-corrected chi connectivity index (χ0v) is 13.1. The Morgan fingerprint density at radius 2 is 2.09 bits per heavy atom. The molecule has 4 atom stereocenters. The molecule has 0 aliphatic carbocycles. The number of imidazole rings is 1. The number of nitrogens with zero attached hydrogens (tertiary/aromatic N) is 4. The Hall–Kier alpha value is -1.75. The van der Waals surface area contributed by atoms with Crippen LogP contribution in [0, 0.1) is 0 Å². The van der Waals surface area contributed by atoms with Gasteiger partial charge in [0.05, 0.1) is 12.3 Å². The topological polar surface area (TPSA) is 118 Å². The molecule has 0 saturated carbocycles. The molecule has 4 heterocycles. The number of rotatable bonds is 2. The summed E-state index contributed by atoms with van der Waals surface area (Å²) in [6.45, 7) is 3.53. The zero-order valence-electron chi connectivity index (χ0n) is 13.1. The van der Waals surface area contributed by atoms with E-state index >= 15 is 0 Å². The van der Waals surface area contributed by atoms with Crippen molar-refractivity contribution in [2.45, 2.75) is 44.2 Å². The number of aliphatic hydroxyl groups excluding tert-OH is 1. The summed E-state index contributed by atoms with van der Waals surface area (Å²) in [5.74, 6) is -0.419. The maximum atomic E-state index is 9.59. The third-order valence-electron chi connectivity index (χ3n) is 4.24.